The van der Waals surface area contributed by atoms with Crippen LogP contribution >= 0.6 is 23.8 Å². The highest BCUT2D eigenvalue weighted by Gasteiger charge is 2.13. The molecule has 0 saturated carbocycles. The van der Waals surface area contributed by atoms with Crippen LogP contribution in [0.25, 0.3) is 0 Å². The molecule has 142 valence electrons. The van der Waals surface area contributed by atoms with Gasteiger partial charge in [0.25, 0.3) is 11.6 Å². The number of hydrogen-bond donors (Lipinski definition) is 3. The summed E-state index contributed by atoms with van der Waals surface area (Å²) in [5, 5.41) is 13.7. The molecule has 0 heterocycles. The summed E-state index contributed by atoms with van der Waals surface area (Å²) >= 11 is 11.0. The normalized spacial score (nSPS) is 9.89. The lowest BCUT2D eigenvalue weighted by molar-refractivity contribution is -0.384. The van der Waals surface area contributed by atoms with Gasteiger partial charge >= 0.3 is 0 Å². The number of halogens is 1. The van der Waals surface area contributed by atoms with E-state index < -0.39 is 10.8 Å². The summed E-state index contributed by atoms with van der Waals surface area (Å²) in [6, 6.07) is 8.51. The molecule has 0 spiro atoms. The number of rotatable bonds is 5. The number of hydrazine groups is 1. The molecule has 0 aliphatic heterocycles. The number of nitrogens with zero attached hydrogens (tertiary/aromatic N) is 1. The van der Waals surface area contributed by atoms with Gasteiger partial charge in [-0.25, -0.2) is 0 Å². The van der Waals surface area contributed by atoms with E-state index in [9.17, 15) is 14.9 Å². The summed E-state index contributed by atoms with van der Waals surface area (Å²) in [6.07, 6.45) is 0. The highest BCUT2D eigenvalue weighted by molar-refractivity contribution is 7.80. The molecule has 9 nitrogen and oxygen atoms in total. The van der Waals surface area contributed by atoms with Crippen LogP contribution in [0.4, 0.5) is 11.4 Å². The maximum absolute atomic E-state index is 12.2. The second-order valence-electron chi connectivity index (χ2n) is 5.02. The van der Waals surface area contributed by atoms with Gasteiger partial charge in [-0.3, -0.25) is 25.8 Å². The lowest BCUT2D eigenvalue weighted by Crippen LogP contribution is -2.43. The number of benzene rings is 2. The van der Waals surface area contributed by atoms with Gasteiger partial charge < -0.3 is 14.8 Å². The van der Waals surface area contributed by atoms with Crippen LogP contribution in [0.3, 0.4) is 0 Å². The summed E-state index contributed by atoms with van der Waals surface area (Å²) in [5.41, 5.74) is 5.26. The van der Waals surface area contributed by atoms with Crippen molar-refractivity contribution in [1.82, 2.24) is 10.9 Å². The van der Waals surface area contributed by atoms with Crippen molar-refractivity contribution in [2.45, 2.75) is 0 Å². The van der Waals surface area contributed by atoms with Crippen molar-refractivity contribution in [3.8, 4) is 11.5 Å². The molecule has 0 aliphatic carbocycles. The minimum Gasteiger partial charge on any atom is -0.493 e. The van der Waals surface area contributed by atoms with Crippen LogP contribution < -0.4 is 25.6 Å². The van der Waals surface area contributed by atoms with Gasteiger partial charge in [-0.2, -0.15) is 0 Å². The molecular weight excluding hydrogens is 396 g/mol. The number of hydrogen-bond acceptors (Lipinski definition) is 6. The lowest BCUT2D eigenvalue weighted by atomic mass is 10.2. The topological polar surface area (TPSA) is 115 Å². The summed E-state index contributed by atoms with van der Waals surface area (Å²) in [7, 11) is 2.95. The summed E-state index contributed by atoms with van der Waals surface area (Å²) in [5.74, 6) is 0.402. The van der Waals surface area contributed by atoms with Crippen molar-refractivity contribution in [1.29, 1.82) is 0 Å². The molecule has 0 bridgehead atoms. The second-order valence-corrected chi connectivity index (χ2v) is 5.84. The molecule has 11 heteroatoms. The van der Waals surface area contributed by atoms with Gasteiger partial charge in [0.1, 0.15) is 0 Å². The Bertz CT molecular complexity index is 893. The molecule has 0 aliphatic rings. The molecule has 1 amide bonds. The van der Waals surface area contributed by atoms with E-state index in [4.69, 9.17) is 33.3 Å². The Morgan fingerprint density at radius 3 is 2.44 bits per heavy atom. The van der Waals surface area contributed by atoms with Crippen molar-refractivity contribution in [2.75, 3.05) is 19.5 Å². The molecule has 0 saturated heterocycles. The van der Waals surface area contributed by atoms with E-state index in [1.807, 2.05) is 0 Å². The number of nitro groups is 1. The third-order valence-electron chi connectivity index (χ3n) is 3.34. The van der Waals surface area contributed by atoms with E-state index in [1.165, 1.54) is 38.5 Å². The summed E-state index contributed by atoms with van der Waals surface area (Å²) in [4.78, 5) is 22.5. The molecule has 0 radical (unpaired) electrons. The van der Waals surface area contributed by atoms with Crippen LogP contribution in [0.1, 0.15) is 10.4 Å². The first-order valence-electron chi connectivity index (χ1n) is 7.39. The van der Waals surface area contributed by atoms with E-state index in [-0.39, 0.29) is 21.5 Å². The standard InChI is InChI=1S/C16H15ClN4O5S/c1-25-13-6-3-9(7-14(13)26-2)15(22)19-20-16(27)18-12-8-10(21(23)24)4-5-11(12)17/h3-8H,1-2H3,(H,19,22)(H2,18,20,27). The second kappa shape index (κ2) is 9.01. The Kier molecular flexibility index (Phi) is 6.74. The van der Waals surface area contributed by atoms with Gasteiger partial charge in [0, 0.05) is 17.7 Å². The predicted molar refractivity (Wildman–Crippen MR) is 104 cm³/mol. The number of non-ortho nitro benzene ring substituents is 1. The zero-order valence-electron chi connectivity index (χ0n) is 14.2. The fourth-order valence-electron chi connectivity index (χ4n) is 2.04. The van der Waals surface area contributed by atoms with Gasteiger partial charge in [-0.15, -0.1) is 0 Å². The van der Waals surface area contributed by atoms with Gasteiger partial charge in [-0.1, -0.05) is 11.6 Å². The van der Waals surface area contributed by atoms with E-state index in [2.05, 4.69) is 16.2 Å². The molecule has 0 fully saturated rings. The Morgan fingerprint density at radius 1 is 1.11 bits per heavy atom. The molecule has 2 aromatic carbocycles. The van der Waals surface area contributed by atoms with Gasteiger partial charge in [0.2, 0.25) is 0 Å². The van der Waals surface area contributed by atoms with E-state index in [0.717, 1.165) is 0 Å². The minimum atomic E-state index is -0.559. The average molecular weight is 411 g/mol. The van der Waals surface area contributed by atoms with Crippen molar-refractivity contribution in [3.63, 3.8) is 0 Å². The molecule has 2 rings (SSSR count). The first kappa shape index (κ1) is 20.2. The number of ether oxygens (including phenoxy) is 2. The fraction of sp³-hybridized carbons (Fsp3) is 0.125. The minimum absolute atomic E-state index is 0.00813. The number of nitro benzene ring substituents is 1. The van der Waals surface area contributed by atoms with Crippen LogP contribution in [0.5, 0.6) is 11.5 Å². The molecular formula is C16H15ClN4O5S. The Morgan fingerprint density at radius 2 is 1.81 bits per heavy atom. The van der Waals surface area contributed by atoms with Crippen LogP contribution in [-0.4, -0.2) is 30.2 Å². The maximum Gasteiger partial charge on any atom is 0.271 e. The first-order chi connectivity index (χ1) is 12.8. The number of nitrogens with one attached hydrogen (secondary N) is 3. The summed E-state index contributed by atoms with van der Waals surface area (Å²) < 4.78 is 10.3. The van der Waals surface area contributed by atoms with Crippen molar-refractivity contribution in [2.24, 2.45) is 0 Å². The van der Waals surface area contributed by atoms with E-state index in [0.29, 0.717) is 17.1 Å². The quantitative estimate of drug-likeness (QED) is 0.391. The molecule has 0 atom stereocenters. The number of methoxy groups -OCH3 is 2. The molecule has 2 aromatic rings. The number of amides is 1. The Labute approximate surface area is 164 Å². The average Bonchev–Trinajstić information content (AvgIpc) is 2.66. The third kappa shape index (κ3) is 5.19. The smallest absolute Gasteiger partial charge is 0.271 e. The predicted octanol–water partition coefficient (Wildman–Crippen LogP) is 2.90. The summed E-state index contributed by atoms with van der Waals surface area (Å²) in [6.45, 7) is 0. The van der Waals surface area contributed by atoms with Crippen molar-refractivity contribution in [3.05, 3.63) is 57.1 Å². The molecule has 0 aromatic heterocycles. The third-order valence-corrected chi connectivity index (χ3v) is 3.88. The van der Waals surface area contributed by atoms with Gasteiger partial charge in [-0.05, 0) is 36.5 Å². The van der Waals surface area contributed by atoms with E-state index >= 15 is 0 Å². The molecule has 0 unspecified atom stereocenters. The van der Waals surface area contributed by atoms with Crippen LogP contribution in [0.15, 0.2) is 36.4 Å². The van der Waals surface area contributed by atoms with Gasteiger partial charge in [0.05, 0.1) is 29.9 Å². The van der Waals surface area contributed by atoms with Crippen LogP contribution in [0, 0.1) is 10.1 Å². The fourth-order valence-corrected chi connectivity index (χ4v) is 2.37. The van der Waals surface area contributed by atoms with Crippen molar-refractivity contribution >= 4 is 46.2 Å². The number of carbonyl (C=O) groups is 1. The first-order valence-corrected chi connectivity index (χ1v) is 8.17. The van der Waals surface area contributed by atoms with Gasteiger partial charge in [0.15, 0.2) is 16.6 Å². The monoisotopic (exact) mass is 410 g/mol. The maximum atomic E-state index is 12.2. The SMILES string of the molecule is COc1ccc(C(=O)NNC(=S)Nc2cc([N+](=O)[O-])ccc2Cl)cc1OC. The zero-order chi connectivity index (χ0) is 20.0. The number of anilines is 1. The lowest BCUT2D eigenvalue weighted by Gasteiger charge is -2.13. The molecule has 3 N–H and O–H groups in total. The highest BCUT2D eigenvalue weighted by atomic mass is 35.5. The highest BCUT2D eigenvalue weighted by Crippen LogP contribution is 2.28. The number of carbonyl (C=O) groups excluding carboxylic acids is 1. The number of thiocarbonyl (C=S) groups is 1. The van der Waals surface area contributed by atoms with Crippen LogP contribution in [0.2, 0.25) is 5.02 Å². The Balaban J connectivity index is 2.00. The van der Waals surface area contributed by atoms with E-state index in [1.54, 1.807) is 12.1 Å². The van der Waals surface area contributed by atoms with Crippen molar-refractivity contribution < 1.29 is 19.2 Å². The largest absolute Gasteiger partial charge is 0.493 e. The van der Waals surface area contributed by atoms with Crippen LogP contribution in [-0.2, 0) is 0 Å². The zero-order valence-corrected chi connectivity index (χ0v) is 15.8. The Hall–Kier alpha value is -3.11. The molecule has 27 heavy (non-hydrogen) atoms.